The first kappa shape index (κ1) is 27.4. The molecule has 1 aromatic carbocycles. The molecule has 0 saturated heterocycles. The Bertz CT molecular complexity index is 945. The number of aliphatic carboxylic acids is 1. The van der Waals surface area contributed by atoms with Crippen LogP contribution >= 0.6 is 0 Å². The highest BCUT2D eigenvalue weighted by Gasteiger charge is 2.20. The fourth-order valence-corrected chi connectivity index (χ4v) is 3.05. The average molecular weight is 453 g/mol. The Morgan fingerprint density at radius 1 is 1.18 bits per heavy atom. The molecule has 0 aliphatic heterocycles. The summed E-state index contributed by atoms with van der Waals surface area (Å²) in [5, 5.41) is 16.5. The van der Waals surface area contributed by atoms with E-state index in [1.165, 1.54) is 0 Å². The molecule has 1 aliphatic rings. The van der Waals surface area contributed by atoms with Crippen molar-refractivity contribution in [3.63, 3.8) is 0 Å². The summed E-state index contributed by atoms with van der Waals surface area (Å²) in [6.07, 6.45) is 15.0. The predicted molar refractivity (Wildman–Crippen MR) is 130 cm³/mol. The van der Waals surface area contributed by atoms with Crippen molar-refractivity contribution in [2.75, 3.05) is 14.2 Å². The Labute approximate surface area is 195 Å². The number of ether oxygens (including phenoxy) is 2. The third kappa shape index (κ3) is 9.17. The molecule has 1 aromatic rings. The second-order valence-electron chi connectivity index (χ2n) is 6.88. The molecule has 0 amide bonds. The van der Waals surface area contributed by atoms with Crippen molar-refractivity contribution in [2.24, 2.45) is 0 Å². The molecule has 0 spiro atoms. The molecule has 1 atom stereocenters. The van der Waals surface area contributed by atoms with Gasteiger partial charge in [-0.3, -0.25) is 4.79 Å². The SMILES string of the molecule is C=C/C=C(\C=C/C)CCC(Oc1ccc(C(=O)C2=CC=C(OC)CC=C2)cc1)C(=O)O.CO. The van der Waals surface area contributed by atoms with E-state index in [9.17, 15) is 14.7 Å². The number of aliphatic hydroxyl groups excluding tert-OH is 1. The molecular formula is C27H32O6. The number of hydrogen-bond acceptors (Lipinski definition) is 5. The summed E-state index contributed by atoms with van der Waals surface area (Å²) in [4.78, 5) is 24.4. The van der Waals surface area contributed by atoms with Gasteiger partial charge in [0.15, 0.2) is 11.9 Å². The van der Waals surface area contributed by atoms with Crippen LogP contribution in [0.1, 0.15) is 36.5 Å². The maximum absolute atomic E-state index is 12.7. The van der Waals surface area contributed by atoms with Crippen LogP contribution in [0, 0.1) is 0 Å². The van der Waals surface area contributed by atoms with Gasteiger partial charge in [0.05, 0.1) is 12.9 Å². The first-order valence-electron chi connectivity index (χ1n) is 10.5. The largest absolute Gasteiger partial charge is 0.501 e. The Morgan fingerprint density at radius 2 is 1.88 bits per heavy atom. The first-order valence-corrected chi connectivity index (χ1v) is 10.5. The number of carboxylic acid groups (broad SMARTS) is 1. The van der Waals surface area contributed by atoms with Crippen molar-refractivity contribution in [3.8, 4) is 5.75 Å². The van der Waals surface area contributed by atoms with Crippen LogP contribution in [0.5, 0.6) is 5.75 Å². The van der Waals surface area contributed by atoms with E-state index in [2.05, 4.69) is 6.58 Å². The zero-order valence-corrected chi connectivity index (χ0v) is 19.4. The molecule has 6 heteroatoms. The minimum absolute atomic E-state index is 0.128. The Balaban J connectivity index is 0.00000265. The lowest BCUT2D eigenvalue weighted by atomic mass is 10.0. The number of hydrogen-bond donors (Lipinski definition) is 2. The maximum Gasteiger partial charge on any atom is 0.344 e. The van der Waals surface area contributed by atoms with Crippen molar-refractivity contribution >= 4 is 11.8 Å². The number of carbonyl (C=O) groups excluding carboxylic acids is 1. The summed E-state index contributed by atoms with van der Waals surface area (Å²) in [6.45, 7) is 5.58. The van der Waals surface area contributed by atoms with Gasteiger partial charge in [0.25, 0.3) is 0 Å². The number of benzene rings is 1. The van der Waals surface area contributed by atoms with E-state index in [1.807, 2.05) is 31.2 Å². The Hall–Kier alpha value is -3.64. The van der Waals surface area contributed by atoms with Crippen molar-refractivity contribution in [1.29, 1.82) is 0 Å². The topological polar surface area (TPSA) is 93.1 Å². The van der Waals surface area contributed by atoms with Crippen LogP contribution in [0.4, 0.5) is 0 Å². The quantitative estimate of drug-likeness (QED) is 0.354. The predicted octanol–water partition coefficient (Wildman–Crippen LogP) is 5.20. The van der Waals surface area contributed by atoms with Crippen molar-refractivity contribution in [1.82, 2.24) is 0 Å². The maximum atomic E-state index is 12.7. The molecule has 176 valence electrons. The number of rotatable bonds is 11. The number of carboxylic acids is 1. The minimum atomic E-state index is -1.03. The highest BCUT2D eigenvalue weighted by molar-refractivity contribution is 6.10. The summed E-state index contributed by atoms with van der Waals surface area (Å²) in [5.41, 5.74) is 2.02. The molecule has 6 nitrogen and oxygen atoms in total. The lowest BCUT2D eigenvalue weighted by Crippen LogP contribution is -2.27. The average Bonchev–Trinajstić information content (AvgIpc) is 3.08. The molecule has 1 unspecified atom stereocenters. The van der Waals surface area contributed by atoms with Crippen LogP contribution in [-0.4, -0.2) is 42.3 Å². The summed E-state index contributed by atoms with van der Waals surface area (Å²) >= 11 is 0. The lowest BCUT2D eigenvalue weighted by Gasteiger charge is -2.15. The zero-order valence-electron chi connectivity index (χ0n) is 19.4. The molecule has 33 heavy (non-hydrogen) atoms. The first-order chi connectivity index (χ1) is 16.0. The van der Waals surface area contributed by atoms with Crippen molar-refractivity contribution < 1.29 is 29.3 Å². The number of aliphatic hydroxyl groups is 1. The fourth-order valence-electron chi connectivity index (χ4n) is 3.05. The van der Waals surface area contributed by atoms with Gasteiger partial charge in [-0.1, -0.05) is 43.0 Å². The van der Waals surface area contributed by atoms with E-state index in [4.69, 9.17) is 14.6 Å². The summed E-state index contributed by atoms with van der Waals surface area (Å²) < 4.78 is 10.9. The molecule has 2 rings (SSSR count). The smallest absolute Gasteiger partial charge is 0.344 e. The number of carbonyl (C=O) groups is 2. The molecule has 0 fully saturated rings. The van der Waals surface area contributed by atoms with Gasteiger partial charge in [-0.25, -0.2) is 4.79 Å². The van der Waals surface area contributed by atoms with Crippen molar-refractivity contribution in [2.45, 2.75) is 32.3 Å². The van der Waals surface area contributed by atoms with Crippen LogP contribution in [0.2, 0.25) is 0 Å². The summed E-state index contributed by atoms with van der Waals surface area (Å²) in [6, 6.07) is 6.51. The lowest BCUT2D eigenvalue weighted by molar-refractivity contribution is -0.145. The number of ketones is 1. The molecule has 0 aromatic heterocycles. The standard InChI is InChI=1S/C26H28O5.CH4O/c1-4-7-19(8-5-2)11-18-24(26(28)29)31-23-16-13-21(14-17-23)25(27)20-9-6-10-22(30-3)15-12-20;1-2/h4-9,12-17,24H,1,10-11,18H2,2-3H3,(H,28,29);2H,1H3/b8-5-,19-7+;. The van der Waals surface area contributed by atoms with E-state index >= 15 is 0 Å². The van der Waals surface area contributed by atoms with Gasteiger partial charge < -0.3 is 19.7 Å². The van der Waals surface area contributed by atoms with Gasteiger partial charge in [0.1, 0.15) is 5.75 Å². The van der Waals surface area contributed by atoms with Gasteiger partial charge in [0, 0.05) is 24.7 Å². The Morgan fingerprint density at radius 3 is 2.45 bits per heavy atom. The van der Waals surface area contributed by atoms with Gasteiger partial charge >= 0.3 is 5.97 Å². The van der Waals surface area contributed by atoms with Gasteiger partial charge in [-0.15, -0.1) is 0 Å². The molecule has 0 saturated carbocycles. The van der Waals surface area contributed by atoms with Gasteiger partial charge in [-0.2, -0.15) is 0 Å². The normalized spacial score (nSPS) is 14.2. The number of methoxy groups -OCH3 is 1. The van der Waals surface area contributed by atoms with E-state index in [-0.39, 0.29) is 5.78 Å². The third-order valence-electron chi connectivity index (χ3n) is 4.67. The second kappa shape index (κ2) is 15.2. The molecule has 2 N–H and O–H groups in total. The van der Waals surface area contributed by atoms with Crippen LogP contribution in [0.3, 0.4) is 0 Å². The molecule has 0 heterocycles. The van der Waals surface area contributed by atoms with E-state index in [0.717, 1.165) is 18.4 Å². The Kier molecular flexibility index (Phi) is 12.6. The van der Waals surface area contributed by atoms with Crippen molar-refractivity contribution in [3.05, 3.63) is 102 Å². The molecule has 1 aliphatic carbocycles. The van der Waals surface area contributed by atoms with Gasteiger partial charge in [-0.05, 0) is 61.8 Å². The molecule has 0 radical (unpaired) electrons. The van der Waals surface area contributed by atoms with E-state index in [1.54, 1.807) is 55.7 Å². The van der Waals surface area contributed by atoms with Crippen LogP contribution < -0.4 is 4.74 Å². The molecule has 0 bridgehead atoms. The third-order valence-corrected chi connectivity index (χ3v) is 4.67. The zero-order chi connectivity index (χ0) is 24.6. The van der Waals surface area contributed by atoms with Crippen LogP contribution in [0.15, 0.2) is 96.4 Å². The molecular weight excluding hydrogens is 420 g/mol. The summed E-state index contributed by atoms with van der Waals surface area (Å²) in [5.74, 6) is 0.0176. The van der Waals surface area contributed by atoms with Gasteiger partial charge in [0.2, 0.25) is 0 Å². The second-order valence-corrected chi connectivity index (χ2v) is 6.88. The number of Topliss-reactive ketones (excluding diaryl/α,β-unsaturated/α-hetero) is 1. The highest BCUT2D eigenvalue weighted by atomic mass is 16.5. The van der Waals surface area contributed by atoms with E-state index in [0.29, 0.717) is 36.1 Å². The van der Waals surface area contributed by atoms with Crippen LogP contribution in [-0.2, 0) is 9.53 Å². The van der Waals surface area contributed by atoms with Crippen LogP contribution in [0.25, 0.3) is 0 Å². The highest BCUT2D eigenvalue weighted by Crippen LogP contribution is 2.21. The monoisotopic (exact) mass is 452 g/mol. The number of allylic oxidation sites excluding steroid dienone is 10. The minimum Gasteiger partial charge on any atom is -0.501 e. The summed E-state index contributed by atoms with van der Waals surface area (Å²) in [7, 11) is 2.60. The fraction of sp³-hybridized carbons (Fsp3) is 0.259. The van der Waals surface area contributed by atoms with E-state index < -0.39 is 12.1 Å².